The second kappa shape index (κ2) is 13.5. The fourth-order valence-corrected chi connectivity index (χ4v) is 4.58. The summed E-state index contributed by atoms with van der Waals surface area (Å²) < 4.78 is 11.0. The minimum Gasteiger partial charge on any atom is -0.466 e. The largest absolute Gasteiger partial charge is 0.466 e. The molecule has 26 heavy (non-hydrogen) atoms. The minimum absolute atomic E-state index is 0.109. The number of hydrogen-bond donors (Lipinski definition) is 1. The number of rotatable bonds is 12. The smallest absolute Gasteiger partial charge is 0.307 e. The number of carbonyl (C=O) groups excluding carboxylic acids is 1. The molecule has 0 aromatic rings. The fourth-order valence-electron chi connectivity index (χ4n) is 4.58. The molecule has 4 heteroatoms. The molecule has 0 heterocycles. The van der Waals surface area contributed by atoms with Crippen LogP contribution in [0.15, 0.2) is 0 Å². The Balaban J connectivity index is 1.39. The van der Waals surface area contributed by atoms with Crippen LogP contribution < -0.4 is 5.32 Å². The van der Waals surface area contributed by atoms with E-state index in [0.29, 0.717) is 25.7 Å². The van der Waals surface area contributed by atoms with Crippen molar-refractivity contribution in [2.45, 2.75) is 96.5 Å². The van der Waals surface area contributed by atoms with Gasteiger partial charge in [-0.1, -0.05) is 32.1 Å². The molecule has 0 spiro atoms. The van der Waals surface area contributed by atoms with E-state index in [0.717, 1.165) is 37.8 Å². The first kappa shape index (κ1) is 21.7. The van der Waals surface area contributed by atoms with E-state index in [2.05, 4.69) is 5.32 Å². The zero-order valence-corrected chi connectivity index (χ0v) is 17.0. The fraction of sp³-hybridized carbons (Fsp3) is 0.955. The molecule has 0 aromatic heterocycles. The average Bonchev–Trinajstić information content (AvgIpc) is 2.66. The van der Waals surface area contributed by atoms with Gasteiger partial charge < -0.3 is 14.8 Å². The SMILES string of the molecule is CCOC(=O)CCNCCCCOC1CCC(CC2CCCCC2)CC1. The Morgan fingerprint density at radius 1 is 0.923 bits per heavy atom. The Kier molecular flexibility index (Phi) is 11.3. The molecule has 2 rings (SSSR count). The number of esters is 1. The van der Waals surface area contributed by atoms with E-state index in [-0.39, 0.29) is 5.97 Å². The van der Waals surface area contributed by atoms with Gasteiger partial charge in [0.05, 0.1) is 19.1 Å². The monoisotopic (exact) mass is 367 g/mol. The van der Waals surface area contributed by atoms with Crippen LogP contribution in [0.25, 0.3) is 0 Å². The van der Waals surface area contributed by atoms with Crippen LogP contribution in [0.2, 0.25) is 0 Å². The van der Waals surface area contributed by atoms with E-state index in [1.54, 1.807) is 0 Å². The number of unbranched alkanes of at least 4 members (excludes halogenated alkanes) is 1. The minimum atomic E-state index is -0.109. The molecule has 0 unspecified atom stereocenters. The molecule has 2 fully saturated rings. The van der Waals surface area contributed by atoms with Crippen molar-refractivity contribution in [1.82, 2.24) is 5.32 Å². The topological polar surface area (TPSA) is 47.6 Å². The number of carbonyl (C=O) groups is 1. The Bertz CT molecular complexity index is 360. The van der Waals surface area contributed by atoms with Gasteiger partial charge in [0.25, 0.3) is 0 Å². The number of hydrogen-bond acceptors (Lipinski definition) is 4. The van der Waals surface area contributed by atoms with Crippen molar-refractivity contribution in [2.75, 3.05) is 26.3 Å². The van der Waals surface area contributed by atoms with Crippen molar-refractivity contribution < 1.29 is 14.3 Å². The maximum atomic E-state index is 11.2. The summed E-state index contributed by atoms with van der Waals surface area (Å²) in [5.41, 5.74) is 0. The van der Waals surface area contributed by atoms with E-state index >= 15 is 0 Å². The van der Waals surface area contributed by atoms with Crippen LogP contribution in [0.4, 0.5) is 0 Å². The summed E-state index contributed by atoms with van der Waals surface area (Å²) >= 11 is 0. The highest BCUT2D eigenvalue weighted by atomic mass is 16.5. The summed E-state index contributed by atoms with van der Waals surface area (Å²) in [5, 5.41) is 3.30. The summed E-state index contributed by atoms with van der Waals surface area (Å²) in [4.78, 5) is 11.2. The summed E-state index contributed by atoms with van der Waals surface area (Å²) in [7, 11) is 0. The van der Waals surface area contributed by atoms with Crippen LogP contribution in [0.5, 0.6) is 0 Å². The van der Waals surface area contributed by atoms with Crippen molar-refractivity contribution in [3.8, 4) is 0 Å². The van der Waals surface area contributed by atoms with Gasteiger partial charge in [-0.2, -0.15) is 0 Å². The van der Waals surface area contributed by atoms with Gasteiger partial charge >= 0.3 is 5.97 Å². The summed E-state index contributed by atoms with van der Waals surface area (Å²) in [6.07, 6.45) is 17.4. The van der Waals surface area contributed by atoms with Crippen molar-refractivity contribution in [3.05, 3.63) is 0 Å². The highest BCUT2D eigenvalue weighted by Gasteiger charge is 2.24. The molecule has 0 aliphatic heterocycles. The van der Waals surface area contributed by atoms with Crippen molar-refractivity contribution >= 4 is 5.97 Å². The summed E-state index contributed by atoms with van der Waals surface area (Å²) in [6.45, 7) is 4.87. The molecule has 1 N–H and O–H groups in total. The second-order valence-electron chi connectivity index (χ2n) is 8.27. The lowest BCUT2D eigenvalue weighted by Crippen LogP contribution is -2.24. The standard InChI is InChI=1S/C22H41NO3/c1-2-25-22(24)14-16-23-15-6-7-17-26-21-12-10-20(11-13-21)18-19-8-4-3-5-9-19/h19-21,23H,2-18H2,1H3. The van der Waals surface area contributed by atoms with Crippen LogP contribution in [-0.2, 0) is 14.3 Å². The predicted octanol–water partition coefficient (Wildman–Crippen LogP) is 4.86. The lowest BCUT2D eigenvalue weighted by Gasteiger charge is -2.32. The maximum Gasteiger partial charge on any atom is 0.307 e. The van der Waals surface area contributed by atoms with Gasteiger partial charge in [0.15, 0.2) is 0 Å². The Hall–Kier alpha value is -0.610. The highest BCUT2D eigenvalue weighted by Crippen LogP contribution is 2.35. The lowest BCUT2D eigenvalue weighted by molar-refractivity contribution is -0.142. The van der Waals surface area contributed by atoms with E-state index in [9.17, 15) is 4.79 Å². The molecule has 2 aliphatic rings. The van der Waals surface area contributed by atoms with Crippen molar-refractivity contribution in [3.63, 3.8) is 0 Å². The van der Waals surface area contributed by atoms with Gasteiger partial charge in [0.2, 0.25) is 0 Å². The van der Waals surface area contributed by atoms with E-state index < -0.39 is 0 Å². The molecule has 2 aliphatic carbocycles. The van der Waals surface area contributed by atoms with Gasteiger partial charge in [0, 0.05) is 13.2 Å². The van der Waals surface area contributed by atoms with Gasteiger partial charge in [0.1, 0.15) is 0 Å². The zero-order chi connectivity index (χ0) is 18.5. The molecule has 0 radical (unpaired) electrons. The molecule has 152 valence electrons. The molecular weight excluding hydrogens is 326 g/mol. The third-order valence-electron chi connectivity index (χ3n) is 6.10. The Morgan fingerprint density at radius 2 is 1.65 bits per heavy atom. The third-order valence-corrected chi connectivity index (χ3v) is 6.10. The molecule has 0 aromatic carbocycles. The van der Waals surface area contributed by atoms with Crippen LogP contribution in [0.3, 0.4) is 0 Å². The Morgan fingerprint density at radius 3 is 2.38 bits per heavy atom. The predicted molar refractivity (Wildman–Crippen MR) is 106 cm³/mol. The number of nitrogens with one attached hydrogen (secondary N) is 1. The summed E-state index contributed by atoms with van der Waals surface area (Å²) in [5.74, 6) is 1.89. The van der Waals surface area contributed by atoms with Gasteiger partial charge in [-0.25, -0.2) is 0 Å². The van der Waals surface area contributed by atoms with Crippen molar-refractivity contribution in [2.24, 2.45) is 11.8 Å². The lowest BCUT2D eigenvalue weighted by atomic mass is 9.77. The van der Waals surface area contributed by atoms with E-state index in [1.807, 2.05) is 6.92 Å². The van der Waals surface area contributed by atoms with Crippen LogP contribution in [0, 0.1) is 11.8 Å². The summed E-state index contributed by atoms with van der Waals surface area (Å²) in [6, 6.07) is 0. The second-order valence-corrected chi connectivity index (χ2v) is 8.27. The van der Waals surface area contributed by atoms with Crippen LogP contribution >= 0.6 is 0 Å². The molecule has 0 saturated heterocycles. The third kappa shape index (κ3) is 9.36. The quantitative estimate of drug-likeness (QED) is 0.395. The molecule has 4 nitrogen and oxygen atoms in total. The van der Waals surface area contributed by atoms with Gasteiger partial charge in [-0.3, -0.25) is 4.79 Å². The molecular formula is C22H41NO3. The van der Waals surface area contributed by atoms with Crippen LogP contribution in [-0.4, -0.2) is 38.4 Å². The first-order valence-corrected chi connectivity index (χ1v) is 11.3. The maximum absolute atomic E-state index is 11.2. The van der Waals surface area contributed by atoms with E-state index in [1.165, 1.54) is 64.2 Å². The van der Waals surface area contributed by atoms with Crippen LogP contribution in [0.1, 0.15) is 90.4 Å². The first-order valence-electron chi connectivity index (χ1n) is 11.3. The molecule has 0 bridgehead atoms. The van der Waals surface area contributed by atoms with E-state index in [4.69, 9.17) is 9.47 Å². The molecule has 0 amide bonds. The highest BCUT2D eigenvalue weighted by molar-refractivity contribution is 5.69. The normalized spacial score (nSPS) is 24.5. The number of ether oxygens (including phenoxy) is 2. The Labute approximate surface area is 160 Å². The molecule has 2 saturated carbocycles. The molecule has 0 atom stereocenters. The van der Waals surface area contributed by atoms with Gasteiger partial charge in [-0.05, 0) is 70.3 Å². The zero-order valence-electron chi connectivity index (χ0n) is 17.0. The first-order chi connectivity index (χ1) is 12.8. The average molecular weight is 368 g/mol. The van der Waals surface area contributed by atoms with Gasteiger partial charge in [-0.15, -0.1) is 0 Å². The van der Waals surface area contributed by atoms with Crippen molar-refractivity contribution in [1.29, 1.82) is 0 Å².